The highest BCUT2D eigenvalue weighted by Gasteiger charge is 2.34. The quantitative estimate of drug-likeness (QED) is 0.466. The van der Waals surface area contributed by atoms with Crippen LogP contribution in [0.3, 0.4) is 0 Å². The molecule has 1 aliphatic heterocycles. The maximum atomic E-state index is 13.2. The predicted molar refractivity (Wildman–Crippen MR) is 130 cm³/mol. The van der Waals surface area contributed by atoms with Crippen molar-refractivity contribution in [2.24, 2.45) is 5.10 Å². The minimum absolute atomic E-state index is 0.240. The number of hydrazone groups is 1. The minimum Gasteiger partial charge on any atom is -0.483 e. The van der Waals surface area contributed by atoms with Gasteiger partial charge in [0.2, 0.25) is 0 Å². The third kappa shape index (κ3) is 4.91. The van der Waals surface area contributed by atoms with Gasteiger partial charge in [-0.1, -0.05) is 54.1 Å². The van der Waals surface area contributed by atoms with Crippen LogP contribution >= 0.6 is 11.6 Å². The van der Waals surface area contributed by atoms with Crippen LogP contribution in [0.2, 0.25) is 5.02 Å². The third-order valence-corrected chi connectivity index (χ3v) is 5.87. The highest BCUT2D eigenvalue weighted by atomic mass is 35.5. The fourth-order valence-corrected chi connectivity index (χ4v) is 4.01. The third-order valence-electron chi connectivity index (χ3n) is 5.54. The molecule has 168 valence electrons. The molecule has 0 aliphatic carbocycles. The Hall–Kier alpha value is -3.64. The van der Waals surface area contributed by atoms with Gasteiger partial charge in [-0.2, -0.15) is 5.10 Å². The number of para-hydroxylation sites is 1. The van der Waals surface area contributed by atoms with Crippen molar-refractivity contribution in [2.75, 3.05) is 25.6 Å². The summed E-state index contributed by atoms with van der Waals surface area (Å²) in [6.07, 6.45) is 1.24. The van der Waals surface area contributed by atoms with E-state index in [0.717, 1.165) is 22.5 Å². The summed E-state index contributed by atoms with van der Waals surface area (Å²) in [6.45, 7) is -0.240. The predicted octanol–water partition coefficient (Wildman–Crippen LogP) is 4.98. The van der Waals surface area contributed by atoms with Gasteiger partial charge >= 0.3 is 0 Å². The second-order valence-corrected chi connectivity index (χ2v) is 8.32. The summed E-state index contributed by atoms with van der Waals surface area (Å²) in [5, 5.41) is 6.70. The van der Waals surface area contributed by atoms with Gasteiger partial charge in [0.15, 0.2) is 12.9 Å². The molecule has 3 aromatic rings. The van der Waals surface area contributed by atoms with E-state index in [4.69, 9.17) is 16.3 Å². The maximum Gasteiger partial charge on any atom is 0.281 e. The lowest BCUT2D eigenvalue weighted by Gasteiger charge is -2.23. The summed E-state index contributed by atoms with van der Waals surface area (Å²) in [5.74, 6) is 0.0571. The number of ether oxygens (including phenoxy) is 1. The summed E-state index contributed by atoms with van der Waals surface area (Å²) in [5.41, 5.74) is 3.96. The van der Waals surface area contributed by atoms with Crippen LogP contribution in [0.1, 0.15) is 33.9 Å². The fraction of sp³-hybridized carbons (Fsp3) is 0.192. The Bertz CT molecular complexity index is 1190. The van der Waals surface area contributed by atoms with E-state index in [2.05, 4.69) is 5.10 Å². The Morgan fingerprint density at radius 3 is 2.48 bits per heavy atom. The smallest absolute Gasteiger partial charge is 0.281 e. The zero-order valence-corrected chi connectivity index (χ0v) is 19.2. The number of hydrogen-bond acceptors (Lipinski definition) is 5. The summed E-state index contributed by atoms with van der Waals surface area (Å²) in [7, 11) is 3.96. The van der Waals surface area contributed by atoms with Gasteiger partial charge in [-0.15, -0.1) is 0 Å². The van der Waals surface area contributed by atoms with Crippen LogP contribution in [-0.4, -0.2) is 43.6 Å². The molecule has 0 saturated carbocycles. The number of carbonyl (C=O) groups is 2. The lowest BCUT2D eigenvalue weighted by atomic mass is 9.98. The number of rotatable bonds is 7. The molecule has 0 N–H and O–H groups in total. The van der Waals surface area contributed by atoms with Crippen molar-refractivity contribution in [2.45, 2.75) is 12.5 Å². The van der Waals surface area contributed by atoms with Gasteiger partial charge in [-0.25, -0.2) is 5.01 Å². The first-order valence-corrected chi connectivity index (χ1v) is 10.9. The van der Waals surface area contributed by atoms with E-state index in [9.17, 15) is 9.59 Å². The van der Waals surface area contributed by atoms with Crippen molar-refractivity contribution >= 4 is 35.2 Å². The van der Waals surface area contributed by atoms with Crippen molar-refractivity contribution < 1.29 is 14.3 Å². The van der Waals surface area contributed by atoms with Gasteiger partial charge in [0.05, 0.1) is 17.3 Å². The standard InChI is InChI=1S/C26H24ClN3O3/c1-29(2)20-13-11-18(12-14-20)24-15-23(21-8-4-5-9-22(21)27)28-30(24)26(32)17-33-25-10-6-3-7-19(25)16-31/h3-14,16,24H,15,17H2,1-2H3. The molecule has 7 heteroatoms. The van der Waals surface area contributed by atoms with E-state index in [1.807, 2.05) is 67.5 Å². The molecule has 0 aromatic heterocycles. The molecule has 3 aromatic carbocycles. The van der Waals surface area contributed by atoms with Crippen molar-refractivity contribution in [1.29, 1.82) is 0 Å². The zero-order chi connectivity index (χ0) is 23.4. The SMILES string of the molecule is CN(C)c1ccc(C2CC(c3ccccc3Cl)=NN2C(=O)COc2ccccc2C=O)cc1. The largest absolute Gasteiger partial charge is 0.483 e. The lowest BCUT2D eigenvalue weighted by Crippen LogP contribution is -2.31. The lowest BCUT2D eigenvalue weighted by molar-refractivity contribution is -0.135. The summed E-state index contributed by atoms with van der Waals surface area (Å²) in [6, 6.07) is 22.0. The second-order valence-electron chi connectivity index (χ2n) is 7.92. The van der Waals surface area contributed by atoms with Crippen LogP contribution in [0.25, 0.3) is 0 Å². The fourth-order valence-electron chi connectivity index (χ4n) is 3.77. The Morgan fingerprint density at radius 2 is 1.79 bits per heavy atom. The van der Waals surface area contributed by atoms with Crippen molar-refractivity contribution in [3.8, 4) is 5.75 Å². The van der Waals surface area contributed by atoms with Crippen LogP contribution in [-0.2, 0) is 4.79 Å². The highest BCUT2D eigenvalue weighted by molar-refractivity contribution is 6.34. The van der Waals surface area contributed by atoms with Crippen LogP contribution in [0.15, 0.2) is 77.9 Å². The molecular formula is C26H24ClN3O3. The summed E-state index contributed by atoms with van der Waals surface area (Å²) in [4.78, 5) is 26.5. The van der Waals surface area contributed by atoms with E-state index >= 15 is 0 Å². The first kappa shape index (κ1) is 22.6. The number of hydrogen-bond donors (Lipinski definition) is 0. The van der Waals surface area contributed by atoms with Gasteiger partial charge in [0, 0.05) is 36.8 Å². The van der Waals surface area contributed by atoms with Crippen molar-refractivity contribution in [1.82, 2.24) is 5.01 Å². The number of benzene rings is 3. The number of nitrogens with zero attached hydrogens (tertiary/aromatic N) is 3. The number of carbonyl (C=O) groups excluding carboxylic acids is 2. The molecule has 0 saturated heterocycles. The topological polar surface area (TPSA) is 62.2 Å². The number of aldehydes is 1. The van der Waals surface area contributed by atoms with E-state index < -0.39 is 0 Å². The van der Waals surface area contributed by atoms with Gasteiger partial charge in [0.25, 0.3) is 5.91 Å². The van der Waals surface area contributed by atoms with Crippen LogP contribution in [0, 0.1) is 0 Å². The van der Waals surface area contributed by atoms with Crippen LogP contribution in [0.5, 0.6) is 5.75 Å². The first-order chi connectivity index (χ1) is 16.0. The molecule has 0 fully saturated rings. The molecular weight excluding hydrogens is 438 g/mol. The monoisotopic (exact) mass is 461 g/mol. The highest BCUT2D eigenvalue weighted by Crippen LogP contribution is 2.35. The molecule has 1 heterocycles. The van der Waals surface area contributed by atoms with E-state index in [-0.39, 0.29) is 18.6 Å². The average Bonchev–Trinajstić information content (AvgIpc) is 3.28. The minimum atomic E-state index is -0.306. The molecule has 1 unspecified atom stereocenters. The number of anilines is 1. The molecule has 33 heavy (non-hydrogen) atoms. The Kier molecular flexibility index (Phi) is 6.75. The number of halogens is 1. The molecule has 6 nitrogen and oxygen atoms in total. The Balaban J connectivity index is 1.61. The summed E-state index contributed by atoms with van der Waals surface area (Å²) >= 11 is 6.41. The van der Waals surface area contributed by atoms with Gasteiger partial charge < -0.3 is 9.64 Å². The Morgan fingerprint density at radius 1 is 1.09 bits per heavy atom. The number of amides is 1. The van der Waals surface area contributed by atoms with Gasteiger partial charge in [-0.05, 0) is 35.9 Å². The molecule has 4 rings (SSSR count). The van der Waals surface area contributed by atoms with E-state index in [1.54, 1.807) is 24.3 Å². The van der Waals surface area contributed by atoms with Crippen LogP contribution in [0.4, 0.5) is 5.69 Å². The van der Waals surface area contributed by atoms with Gasteiger partial charge in [-0.3, -0.25) is 9.59 Å². The molecule has 1 atom stereocenters. The first-order valence-electron chi connectivity index (χ1n) is 10.6. The van der Waals surface area contributed by atoms with E-state index in [1.165, 1.54) is 5.01 Å². The molecule has 0 spiro atoms. The second kappa shape index (κ2) is 9.88. The van der Waals surface area contributed by atoms with E-state index in [0.29, 0.717) is 29.0 Å². The van der Waals surface area contributed by atoms with Crippen molar-refractivity contribution in [3.63, 3.8) is 0 Å². The normalized spacial score (nSPS) is 15.2. The molecule has 1 amide bonds. The van der Waals surface area contributed by atoms with Crippen molar-refractivity contribution in [3.05, 3.63) is 94.5 Å². The average molecular weight is 462 g/mol. The Labute approximate surface area is 198 Å². The molecule has 1 aliphatic rings. The molecule has 0 bridgehead atoms. The summed E-state index contributed by atoms with van der Waals surface area (Å²) < 4.78 is 5.68. The zero-order valence-electron chi connectivity index (χ0n) is 18.4. The molecule has 0 radical (unpaired) electrons. The maximum absolute atomic E-state index is 13.2. The van der Waals surface area contributed by atoms with Gasteiger partial charge in [0.1, 0.15) is 5.75 Å². The van der Waals surface area contributed by atoms with Crippen LogP contribution < -0.4 is 9.64 Å².